The first kappa shape index (κ1) is 18.2. The van der Waals surface area contributed by atoms with E-state index in [0.29, 0.717) is 6.54 Å². The molecule has 1 aliphatic heterocycles. The van der Waals surface area contributed by atoms with Gasteiger partial charge in [0.2, 0.25) is 0 Å². The predicted octanol–water partition coefficient (Wildman–Crippen LogP) is 2.00. The second kappa shape index (κ2) is 9.25. The Kier molecular flexibility index (Phi) is 7.33. The van der Waals surface area contributed by atoms with Crippen LogP contribution in [-0.2, 0) is 5.60 Å². The number of hydrogen-bond acceptors (Lipinski definition) is 4. The molecule has 0 spiro atoms. The Hall–Kier alpha value is -1.11. The van der Waals surface area contributed by atoms with Gasteiger partial charge >= 0.3 is 0 Å². The van der Waals surface area contributed by atoms with E-state index in [1.54, 1.807) is 11.3 Å². The Bertz CT molecular complexity index is 467. The standard InChI is InChI=1S/C17H30N4OS/c1-3-18-16(19-9-12-21-10-5-4-6-11-21)20-14-17(2,22)15-8-7-13-23-15/h7-8,13,22H,3-6,9-12,14H2,1-2H3,(H2,18,19,20). The van der Waals surface area contributed by atoms with E-state index < -0.39 is 5.60 Å². The monoisotopic (exact) mass is 338 g/mol. The Labute approximate surface area is 143 Å². The largest absolute Gasteiger partial charge is 0.383 e. The van der Waals surface area contributed by atoms with Gasteiger partial charge in [0.05, 0.1) is 6.54 Å². The van der Waals surface area contributed by atoms with E-state index in [0.717, 1.165) is 30.5 Å². The van der Waals surface area contributed by atoms with Crippen molar-refractivity contribution in [1.82, 2.24) is 15.5 Å². The second-order valence-corrected chi connectivity index (χ2v) is 7.22. The number of nitrogens with one attached hydrogen (secondary N) is 2. The van der Waals surface area contributed by atoms with Crippen LogP contribution in [0.15, 0.2) is 22.5 Å². The van der Waals surface area contributed by atoms with Gasteiger partial charge in [0.25, 0.3) is 0 Å². The molecular formula is C17H30N4OS. The fourth-order valence-electron chi connectivity index (χ4n) is 2.75. The van der Waals surface area contributed by atoms with Crippen LogP contribution in [0.3, 0.4) is 0 Å². The zero-order valence-corrected chi connectivity index (χ0v) is 15.2. The fraction of sp³-hybridized carbons (Fsp3) is 0.706. The van der Waals surface area contributed by atoms with Crippen molar-refractivity contribution in [2.75, 3.05) is 39.3 Å². The molecule has 2 rings (SSSR count). The van der Waals surface area contributed by atoms with Crippen molar-refractivity contribution in [3.05, 3.63) is 22.4 Å². The molecule has 1 aromatic rings. The molecule has 0 radical (unpaired) electrons. The average molecular weight is 339 g/mol. The van der Waals surface area contributed by atoms with Crippen LogP contribution in [0.25, 0.3) is 0 Å². The number of hydrogen-bond donors (Lipinski definition) is 3. The van der Waals surface area contributed by atoms with Gasteiger partial charge in [-0.3, -0.25) is 0 Å². The first-order valence-electron chi connectivity index (χ1n) is 8.63. The van der Waals surface area contributed by atoms with Crippen LogP contribution in [0, 0.1) is 0 Å². The van der Waals surface area contributed by atoms with Gasteiger partial charge in [-0.15, -0.1) is 11.3 Å². The predicted molar refractivity (Wildman–Crippen MR) is 98.2 cm³/mol. The molecule has 23 heavy (non-hydrogen) atoms. The lowest BCUT2D eigenvalue weighted by Gasteiger charge is -2.26. The van der Waals surface area contributed by atoms with Gasteiger partial charge in [-0.25, -0.2) is 4.99 Å². The summed E-state index contributed by atoms with van der Waals surface area (Å²) in [5, 5.41) is 19.2. The van der Waals surface area contributed by atoms with Gasteiger partial charge in [0.15, 0.2) is 5.96 Å². The van der Waals surface area contributed by atoms with Crippen LogP contribution >= 0.6 is 11.3 Å². The normalized spacial score (nSPS) is 19.3. The number of thiophene rings is 1. The van der Waals surface area contributed by atoms with Gasteiger partial charge in [-0.05, 0) is 51.2 Å². The molecule has 0 saturated carbocycles. The molecule has 2 heterocycles. The van der Waals surface area contributed by atoms with Crippen LogP contribution in [-0.4, -0.2) is 55.2 Å². The number of rotatable bonds is 7. The molecule has 1 unspecified atom stereocenters. The summed E-state index contributed by atoms with van der Waals surface area (Å²) in [5.41, 5.74) is -0.913. The Morgan fingerprint density at radius 1 is 1.35 bits per heavy atom. The van der Waals surface area contributed by atoms with E-state index in [4.69, 9.17) is 0 Å². The molecule has 1 atom stereocenters. The van der Waals surface area contributed by atoms with Gasteiger partial charge in [0, 0.05) is 24.5 Å². The smallest absolute Gasteiger partial charge is 0.191 e. The summed E-state index contributed by atoms with van der Waals surface area (Å²) >= 11 is 1.56. The van der Waals surface area contributed by atoms with Crippen LogP contribution in [0.5, 0.6) is 0 Å². The lowest BCUT2D eigenvalue weighted by molar-refractivity contribution is 0.0711. The summed E-state index contributed by atoms with van der Waals surface area (Å²) in [4.78, 5) is 8.01. The summed E-state index contributed by atoms with van der Waals surface area (Å²) in [7, 11) is 0. The topological polar surface area (TPSA) is 59.9 Å². The van der Waals surface area contributed by atoms with E-state index in [2.05, 4.69) is 27.4 Å². The number of aliphatic imine (C=N–C) groups is 1. The summed E-state index contributed by atoms with van der Waals surface area (Å²) < 4.78 is 0. The highest BCUT2D eigenvalue weighted by atomic mass is 32.1. The number of piperidine rings is 1. The molecule has 1 aromatic heterocycles. The Balaban J connectivity index is 1.81. The highest BCUT2D eigenvalue weighted by molar-refractivity contribution is 7.10. The van der Waals surface area contributed by atoms with E-state index in [9.17, 15) is 5.11 Å². The first-order valence-corrected chi connectivity index (χ1v) is 9.50. The van der Waals surface area contributed by atoms with Gasteiger partial charge in [-0.1, -0.05) is 12.5 Å². The summed E-state index contributed by atoms with van der Waals surface area (Å²) in [6.07, 6.45) is 4.00. The minimum Gasteiger partial charge on any atom is -0.383 e. The highest BCUT2D eigenvalue weighted by Crippen LogP contribution is 2.25. The van der Waals surface area contributed by atoms with Gasteiger partial charge in [0.1, 0.15) is 5.60 Å². The third kappa shape index (κ3) is 6.12. The zero-order chi connectivity index (χ0) is 16.5. The lowest BCUT2D eigenvalue weighted by atomic mass is 10.1. The number of likely N-dealkylation sites (tertiary alicyclic amines) is 1. The summed E-state index contributed by atoms with van der Waals surface area (Å²) in [5.74, 6) is 0.779. The quantitative estimate of drug-likeness (QED) is 0.526. The van der Waals surface area contributed by atoms with Crippen molar-refractivity contribution in [2.24, 2.45) is 4.99 Å². The minimum atomic E-state index is -0.913. The molecule has 0 aliphatic carbocycles. The molecule has 3 N–H and O–H groups in total. The van der Waals surface area contributed by atoms with Crippen LogP contribution < -0.4 is 10.6 Å². The van der Waals surface area contributed by atoms with E-state index in [1.807, 2.05) is 24.4 Å². The molecule has 6 heteroatoms. The zero-order valence-electron chi connectivity index (χ0n) is 14.3. The molecule has 0 amide bonds. The van der Waals surface area contributed by atoms with E-state index in [1.165, 1.54) is 32.4 Å². The van der Waals surface area contributed by atoms with Gasteiger partial charge in [-0.2, -0.15) is 0 Å². The third-order valence-corrected chi connectivity index (χ3v) is 5.23. The van der Waals surface area contributed by atoms with E-state index >= 15 is 0 Å². The summed E-state index contributed by atoms with van der Waals surface area (Å²) in [6, 6.07) is 3.91. The van der Waals surface area contributed by atoms with Crippen LogP contribution in [0.1, 0.15) is 38.0 Å². The Morgan fingerprint density at radius 2 is 2.13 bits per heavy atom. The maximum Gasteiger partial charge on any atom is 0.191 e. The first-order chi connectivity index (χ1) is 11.1. The lowest BCUT2D eigenvalue weighted by Crippen LogP contribution is -2.43. The Morgan fingerprint density at radius 3 is 2.78 bits per heavy atom. The maximum atomic E-state index is 10.6. The van der Waals surface area contributed by atoms with Crippen molar-refractivity contribution < 1.29 is 5.11 Å². The third-order valence-electron chi connectivity index (χ3n) is 4.11. The maximum absolute atomic E-state index is 10.6. The molecule has 0 aromatic carbocycles. The molecule has 5 nitrogen and oxygen atoms in total. The van der Waals surface area contributed by atoms with Crippen LogP contribution in [0.4, 0.5) is 0 Å². The second-order valence-electron chi connectivity index (χ2n) is 6.28. The van der Waals surface area contributed by atoms with Crippen molar-refractivity contribution in [1.29, 1.82) is 0 Å². The molecule has 1 saturated heterocycles. The van der Waals surface area contributed by atoms with Crippen molar-refractivity contribution in [3.63, 3.8) is 0 Å². The highest BCUT2D eigenvalue weighted by Gasteiger charge is 2.24. The van der Waals surface area contributed by atoms with E-state index in [-0.39, 0.29) is 0 Å². The van der Waals surface area contributed by atoms with Crippen molar-refractivity contribution in [3.8, 4) is 0 Å². The average Bonchev–Trinajstić information content (AvgIpc) is 3.09. The minimum absolute atomic E-state index is 0.354. The fourth-order valence-corrected chi connectivity index (χ4v) is 3.53. The molecule has 0 bridgehead atoms. The SMILES string of the molecule is CCNC(=NCC(C)(O)c1cccs1)NCCN1CCCCC1. The van der Waals surface area contributed by atoms with Gasteiger partial charge < -0.3 is 20.6 Å². The number of aliphatic hydroxyl groups is 1. The van der Waals surface area contributed by atoms with Crippen molar-refractivity contribution in [2.45, 2.75) is 38.7 Å². The molecule has 130 valence electrons. The molecule has 1 aliphatic rings. The molecular weight excluding hydrogens is 308 g/mol. The van der Waals surface area contributed by atoms with Crippen molar-refractivity contribution >= 4 is 17.3 Å². The molecule has 1 fully saturated rings. The number of guanidine groups is 1. The van der Waals surface area contributed by atoms with Crippen LogP contribution in [0.2, 0.25) is 0 Å². The summed E-state index contributed by atoms with van der Waals surface area (Å²) in [6.45, 7) is 9.39. The number of nitrogens with zero attached hydrogens (tertiary/aromatic N) is 2.